The Morgan fingerprint density at radius 2 is 1.43 bits per heavy atom. The highest BCUT2D eigenvalue weighted by Crippen LogP contribution is 2.46. The molecule has 4 heterocycles. The van der Waals surface area contributed by atoms with Crippen molar-refractivity contribution in [1.29, 1.82) is 5.26 Å². The van der Waals surface area contributed by atoms with Gasteiger partial charge in [0.05, 0.1) is 33.6 Å². The van der Waals surface area contributed by atoms with Crippen molar-refractivity contribution in [2.24, 2.45) is 5.73 Å². The van der Waals surface area contributed by atoms with Gasteiger partial charge in [-0.2, -0.15) is 5.26 Å². The van der Waals surface area contributed by atoms with E-state index in [1.54, 1.807) is 76.5 Å². The van der Waals surface area contributed by atoms with Crippen molar-refractivity contribution in [3.63, 3.8) is 0 Å². The van der Waals surface area contributed by atoms with Crippen molar-refractivity contribution >= 4 is 70.6 Å². The van der Waals surface area contributed by atoms with Crippen molar-refractivity contribution in [2.45, 2.75) is 107 Å². The van der Waals surface area contributed by atoms with E-state index in [0.29, 0.717) is 48.5 Å². The van der Waals surface area contributed by atoms with Gasteiger partial charge in [-0.15, -0.1) is 0 Å². The monoisotopic (exact) mass is 1050 g/mol. The zero-order chi connectivity index (χ0) is 53.3. The van der Waals surface area contributed by atoms with Crippen LogP contribution in [0.5, 0.6) is 0 Å². The Bertz CT molecular complexity index is 3010. The third-order valence-electron chi connectivity index (χ3n) is 13.1. The average molecular weight is 1050 g/mol. The van der Waals surface area contributed by atoms with Gasteiger partial charge in [0.1, 0.15) is 40.0 Å². The van der Waals surface area contributed by atoms with Crippen molar-refractivity contribution in [1.82, 2.24) is 55.2 Å². The maximum absolute atomic E-state index is 15.0. The zero-order valence-electron chi connectivity index (χ0n) is 41.1. The van der Waals surface area contributed by atoms with E-state index in [0.717, 1.165) is 9.80 Å². The highest BCUT2D eigenvalue weighted by atomic mass is 35.5. The number of carbonyl (C=O) groups excluding carboxylic acids is 6. The molecule has 2 aromatic carbocycles. The highest BCUT2D eigenvalue weighted by Gasteiger charge is 2.53. The summed E-state index contributed by atoms with van der Waals surface area (Å²) in [6.07, 6.45) is 7.90. The van der Waals surface area contributed by atoms with Gasteiger partial charge >= 0.3 is 12.1 Å². The largest absolute Gasteiger partial charge is 0.444 e. The first-order valence-corrected chi connectivity index (χ1v) is 24.4. The molecule has 0 radical (unpaired) electrons. The van der Waals surface area contributed by atoms with Crippen LogP contribution in [0.25, 0.3) is 0 Å². The van der Waals surface area contributed by atoms with E-state index in [4.69, 9.17) is 33.7 Å². The Morgan fingerprint density at radius 3 is 1.95 bits per heavy atom. The van der Waals surface area contributed by atoms with E-state index in [-0.39, 0.29) is 59.7 Å². The van der Waals surface area contributed by atoms with Gasteiger partial charge < -0.3 is 31.3 Å². The molecule has 0 saturated heterocycles. The van der Waals surface area contributed by atoms with Gasteiger partial charge in [0, 0.05) is 51.3 Å². The summed E-state index contributed by atoms with van der Waals surface area (Å²) in [7, 11) is 1.44. The molecule has 2 fully saturated rings. The summed E-state index contributed by atoms with van der Waals surface area (Å²) in [5.41, 5.74) is 1.81. The second-order valence-corrected chi connectivity index (χ2v) is 20.6. The molecule has 8 rings (SSSR count). The minimum absolute atomic E-state index is 0.0409. The lowest BCUT2D eigenvalue weighted by Crippen LogP contribution is -2.56. The van der Waals surface area contributed by atoms with Crippen LogP contribution in [0, 0.1) is 17.1 Å². The number of anilines is 2. The number of imidazole rings is 1. The van der Waals surface area contributed by atoms with Crippen molar-refractivity contribution < 1.29 is 37.9 Å². The minimum Gasteiger partial charge on any atom is -0.444 e. The number of aromatic nitrogens is 6. The molecule has 24 heteroatoms. The summed E-state index contributed by atoms with van der Waals surface area (Å²) < 4.78 is 22.0. The normalized spacial score (nSPS) is 17.7. The van der Waals surface area contributed by atoms with Crippen LogP contribution >= 0.6 is 23.2 Å². The number of fused-ring (bicyclic) bond motifs is 1. The second-order valence-electron chi connectivity index (χ2n) is 19.7. The van der Waals surface area contributed by atoms with E-state index in [1.165, 1.54) is 47.2 Å². The third-order valence-corrected chi connectivity index (χ3v) is 13.7. The lowest BCUT2D eigenvalue weighted by molar-refractivity contribution is -0.128. The molecule has 3 aliphatic rings. The van der Waals surface area contributed by atoms with Gasteiger partial charge in [-0.05, 0) is 108 Å². The number of halogens is 3. The number of carbonyl (C=O) groups is 6. The van der Waals surface area contributed by atoms with Crippen LogP contribution in [-0.2, 0) is 42.2 Å². The SMILES string of the molecule is CN(CC[C@@H](C(=O)NC1(c2ncccn2)CC1)N(CC[C@H](NC(=O)c1cnc2n1[C@](C)(Cc1ccc(C#N)cc1)C(=O)N2c1cc(Cl)c(F)c(Cl)c1)C(=O)NC1(c2ncccn2)CC1)C(=O)OC(C)(C)C)C(N)=O. The second kappa shape index (κ2) is 20.6. The van der Waals surface area contributed by atoms with Gasteiger partial charge in [0.15, 0.2) is 17.5 Å². The number of urea groups is 1. The molecule has 1 aliphatic heterocycles. The molecular weight excluding hydrogens is 999 g/mol. The molecular formula is C50H53Cl2FN14O7. The summed E-state index contributed by atoms with van der Waals surface area (Å²) in [6, 6.07) is 10.6. The Morgan fingerprint density at radius 1 is 0.878 bits per heavy atom. The predicted octanol–water partition coefficient (Wildman–Crippen LogP) is 5.52. The molecule has 3 aromatic heterocycles. The molecule has 21 nitrogen and oxygen atoms in total. The van der Waals surface area contributed by atoms with Crippen molar-refractivity contribution in [3.05, 3.63) is 124 Å². The van der Waals surface area contributed by atoms with Gasteiger partial charge in [-0.25, -0.2) is 43.8 Å². The van der Waals surface area contributed by atoms with Gasteiger partial charge in [-0.3, -0.25) is 28.6 Å². The fourth-order valence-corrected chi connectivity index (χ4v) is 9.31. The smallest absolute Gasteiger partial charge is 0.410 e. The number of nitrogens with two attached hydrogens (primary N) is 1. The average Bonchev–Trinajstić information content (AvgIpc) is 4.28. The van der Waals surface area contributed by atoms with E-state index in [1.807, 2.05) is 0 Å². The number of primary amides is 1. The van der Waals surface area contributed by atoms with E-state index in [2.05, 4.69) is 46.9 Å². The minimum atomic E-state index is -1.63. The molecule has 2 aliphatic carbocycles. The predicted molar refractivity (Wildman–Crippen MR) is 266 cm³/mol. The zero-order valence-corrected chi connectivity index (χ0v) is 42.6. The number of nitrogens with one attached hydrogen (secondary N) is 3. The van der Waals surface area contributed by atoms with Crippen LogP contribution in [0.2, 0.25) is 10.0 Å². The summed E-state index contributed by atoms with van der Waals surface area (Å²) in [5.74, 6) is -3.06. The summed E-state index contributed by atoms with van der Waals surface area (Å²) in [4.78, 5) is 112. The number of hydrogen-bond acceptors (Lipinski definition) is 13. The number of amides is 7. The Labute approximate surface area is 435 Å². The molecule has 2 saturated carbocycles. The van der Waals surface area contributed by atoms with Crippen molar-refractivity contribution in [2.75, 3.05) is 25.0 Å². The number of benzene rings is 2. The first-order chi connectivity index (χ1) is 35.1. The highest BCUT2D eigenvalue weighted by molar-refractivity contribution is 6.35. The first-order valence-electron chi connectivity index (χ1n) is 23.6. The topological polar surface area (TPSA) is 277 Å². The standard InChI is InChI=1S/C50H53Cl2FN14O7/c1-47(2,3)74-46(73)65(35(13-22-64(5)44(55)72)40(70)63-50(16-17-50)42-58-20-7-21-59-42)23-12-34(38(68)62-49(14-15-49)41-56-18-6-19-57-41)61-39(69)36-28-60-45-66(31-24-32(51)37(53)33(52)25-31)43(71)48(4,67(36)45)26-29-8-10-30(27-54)11-9-29/h6-11,18-21,24-25,28,34-35H,12-17,22-23,26H2,1-5H3,(H2,55,72)(H,61,69)(H,62,68)(H,63,70)/t34-,35-,48+/m0/s1. The maximum Gasteiger partial charge on any atom is 0.410 e. The number of rotatable bonds is 18. The van der Waals surface area contributed by atoms with Crippen LogP contribution in [0.4, 0.5) is 25.6 Å². The molecule has 74 heavy (non-hydrogen) atoms. The Balaban J connectivity index is 1.17. The van der Waals surface area contributed by atoms with E-state index >= 15 is 4.79 Å². The van der Waals surface area contributed by atoms with Gasteiger partial charge in [-0.1, -0.05) is 35.3 Å². The molecule has 5 N–H and O–H groups in total. The van der Waals surface area contributed by atoms with E-state index in [9.17, 15) is 33.6 Å². The van der Waals surface area contributed by atoms with Crippen molar-refractivity contribution in [3.8, 4) is 6.07 Å². The maximum atomic E-state index is 15.0. The Hall–Kier alpha value is -7.77. The molecule has 0 unspecified atom stereocenters. The fourth-order valence-electron chi connectivity index (χ4n) is 8.84. The van der Waals surface area contributed by atoms with Crippen LogP contribution in [0.1, 0.15) is 99.5 Å². The number of nitriles is 1. The van der Waals surface area contributed by atoms with E-state index < -0.39 is 75.9 Å². The summed E-state index contributed by atoms with van der Waals surface area (Å²) >= 11 is 12.5. The van der Waals surface area contributed by atoms with Gasteiger partial charge in [0.25, 0.3) is 11.8 Å². The van der Waals surface area contributed by atoms with Gasteiger partial charge in [0.2, 0.25) is 17.8 Å². The molecule has 386 valence electrons. The quantitative estimate of drug-likeness (QED) is 0.0788. The Kier molecular flexibility index (Phi) is 14.6. The molecule has 0 bridgehead atoms. The van der Waals surface area contributed by atoms with Crippen LogP contribution < -0.4 is 26.6 Å². The van der Waals surface area contributed by atoms with Crippen LogP contribution in [0.3, 0.4) is 0 Å². The molecule has 7 amide bonds. The summed E-state index contributed by atoms with van der Waals surface area (Å²) in [5, 5.41) is 17.6. The number of nitrogens with zero attached hydrogens (tertiary/aromatic N) is 10. The lowest BCUT2D eigenvalue weighted by Gasteiger charge is -2.35. The lowest BCUT2D eigenvalue weighted by atomic mass is 9.91. The van der Waals surface area contributed by atoms with Crippen LogP contribution in [-0.4, -0.2) is 113 Å². The van der Waals surface area contributed by atoms with Crippen LogP contribution in [0.15, 0.2) is 79.5 Å². The fraction of sp³-hybridized carbons (Fsp3) is 0.400. The third kappa shape index (κ3) is 10.9. The number of hydrogen-bond donors (Lipinski definition) is 4. The molecule has 5 aromatic rings. The summed E-state index contributed by atoms with van der Waals surface area (Å²) in [6.45, 7) is 6.06. The first kappa shape index (κ1) is 52.5. The molecule has 3 atom stereocenters. The molecule has 0 spiro atoms. The number of ether oxygens (including phenoxy) is 1.